The summed E-state index contributed by atoms with van der Waals surface area (Å²) in [6.45, 7) is 3.69. The second-order valence-corrected chi connectivity index (χ2v) is 6.79. The van der Waals surface area contributed by atoms with Crippen LogP contribution in [0.3, 0.4) is 0 Å². The van der Waals surface area contributed by atoms with Gasteiger partial charge in [-0.1, -0.05) is 40.2 Å². The fourth-order valence-corrected chi connectivity index (χ4v) is 3.29. The highest BCUT2D eigenvalue weighted by molar-refractivity contribution is 9.10. The highest BCUT2D eigenvalue weighted by atomic mass is 79.9. The summed E-state index contributed by atoms with van der Waals surface area (Å²) in [7, 11) is 0. The predicted molar refractivity (Wildman–Crippen MR) is 104 cm³/mol. The number of benzene rings is 2. The van der Waals surface area contributed by atoms with Crippen molar-refractivity contribution in [3.05, 3.63) is 58.6 Å². The number of nitrogens with zero attached hydrogens (tertiary/aromatic N) is 1. The molecule has 1 saturated heterocycles. The van der Waals surface area contributed by atoms with E-state index in [9.17, 15) is 4.79 Å². The van der Waals surface area contributed by atoms with Gasteiger partial charge in [-0.3, -0.25) is 0 Å². The van der Waals surface area contributed by atoms with Crippen molar-refractivity contribution in [2.24, 2.45) is 0 Å². The first-order valence-corrected chi connectivity index (χ1v) is 9.23. The second-order valence-electron chi connectivity index (χ2n) is 5.88. The highest BCUT2D eigenvalue weighted by Crippen LogP contribution is 2.26. The Hall–Kier alpha value is -2.05. The van der Waals surface area contributed by atoms with Gasteiger partial charge in [-0.25, -0.2) is 4.79 Å². The summed E-state index contributed by atoms with van der Waals surface area (Å²) in [4.78, 5) is 14.5. The predicted octanol–water partition coefficient (Wildman–Crippen LogP) is 3.65. The first kappa shape index (κ1) is 17.8. The quantitative estimate of drug-likeness (QED) is 0.800. The Labute approximate surface area is 156 Å². The Morgan fingerprint density at radius 3 is 2.72 bits per heavy atom. The van der Waals surface area contributed by atoms with Gasteiger partial charge < -0.3 is 20.3 Å². The van der Waals surface area contributed by atoms with Crippen molar-refractivity contribution in [2.75, 3.05) is 43.1 Å². The number of hydrogen-bond acceptors (Lipinski definition) is 3. The van der Waals surface area contributed by atoms with Crippen LogP contribution in [0.15, 0.2) is 53.0 Å². The number of carbonyl (C=O) groups is 1. The van der Waals surface area contributed by atoms with Gasteiger partial charge in [0.1, 0.15) is 0 Å². The maximum atomic E-state index is 12.2. The first-order chi connectivity index (χ1) is 12.2. The van der Waals surface area contributed by atoms with E-state index in [1.54, 1.807) is 0 Å². The number of anilines is 2. The molecule has 5 nitrogen and oxygen atoms in total. The summed E-state index contributed by atoms with van der Waals surface area (Å²) < 4.78 is 6.45. The molecule has 2 aromatic rings. The van der Waals surface area contributed by atoms with Gasteiger partial charge >= 0.3 is 6.03 Å². The van der Waals surface area contributed by atoms with Crippen molar-refractivity contribution in [1.82, 2.24) is 5.32 Å². The van der Waals surface area contributed by atoms with Crippen LogP contribution in [-0.4, -0.2) is 38.9 Å². The fraction of sp³-hybridized carbons (Fsp3) is 0.316. The van der Waals surface area contributed by atoms with E-state index in [2.05, 4.69) is 43.6 Å². The number of ether oxygens (including phenoxy) is 1. The zero-order chi connectivity index (χ0) is 17.5. The van der Waals surface area contributed by atoms with Gasteiger partial charge in [-0.05, 0) is 36.2 Å². The normalized spacial score (nSPS) is 14.2. The molecule has 1 aliphatic rings. The lowest BCUT2D eigenvalue weighted by Crippen LogP contribution is -2.37. The van der Waals surface area contributed by atoms with Crippen molar-refractivity contribution < 1.29 is 9.53 Å². The number of amides is 2. The number of carbonyl (C=O) groups excluding carboxylic acids is 1. The lowest BCUT2D eigenvalue weighted by Gasteiger charge is -2.30. The lowest BCUT2D eigenvalue weighted by molar-refractivity contribution is 0.123. The molecule has 1 heterocycles. The van der Waals surface area contributed by atoms with Crippen LogP contribution in [0.4, 0.5) is 16.2 Å². The zero-order valence-electron chi connectivity index (χ0n) is 14.0. The number of hydrogen-bond donors (Lipinski definition) is 2. The number of urea groups is 1. The first-order valence-electron chi connectivity index (χ1n) is 8.43. The van der Waals surface area contributed by atoms with Gasteiger partial charge in [0.05, 0.1) is 24.6 Å². The summed E-state index contributed by atoms with van der Waals surface area (Å²) in [5.41, 5.74) is 3.04. The molecule has 25 heavy (non-hydrogen) atoms. The number of rotatable bonds is 5. The zero-order valence-corrected chi connectivity index (χ0v) is 15.6. The van der Waals surface area contributed by atoms with E-state index < -0.39 is 0 Å². The molecule has 2 aromatic carbocycles. The van der Waals surface area contributed by atoms with E-state index in [1.807, 2.05) is 36.4 Å². The van der Waals surface area contributed by atoms with E-state index >= 15 is 0 Å². The lowest BCUT2D eigenvalue weighted by atomic mass is 10.1. The number of nitrogens with one attached hydrogen (secondary N) is 2. The third-order valence-corrected chi connectivity index (χ3v) is 4.59. The molecule has 0 unspecified atom stereocenters. The average Bonchev–Trinajstić information content (AvgIpc) is 2.63. The number of morpholine rings is 1. The molecule has 1 aliphatic heterocycles. The summed E-state index contributed by atoms with van der Waals surface area (Å²) in [5.74, 6) is 0. The van der Waals surface area contributed by atoms with Crippen LogP contribution in [-0.2, 0) is 11.2 Å². The molecule has 3 rings (SSSR count). The Bertz CT molecular complexity index is 717. The van der Waals surface area contributed by atoms with Crippen LogP contribution in [0.25, 0.3) is 0 Å². The Kier molecular flexibility index (Phi) is 6.30. The van der Waals surface area contributed by atoms with Crippen LogP contribution in [0, 0.1) is 0 Å². The minimum absolute atomic E-state index is 0.185. The molecule has 1 fully saturated rings. The number of halogens is 1. The van der Waals surface area contributed by atoms with Crippen molar-refractivity contribution >= 4 is 33.3 Å². The van der Waals surface area contributed by atoms with E-state index in [0.29, 0.717) is 19.8 Å². The van der Waals surface area contributed by atoms with Gasteiger partial charge in [0.15, 0.2) is 0 Å². The molecule has 0 spiro atoms. The maximum Gasteiger partial charge on any atom is 0.319 e. The maximum absolute atomic E-state index is 12.2. The Morgan fingerprint density at radius 2 is 1.92 bits per heavy atom. The van der Waals surface area contributed by atoms with Crippen LogP contribution < -0.4 is 15.5 Å². The van der Waals surface area contributed by atoms with Gasteiger partial charge in [-0.2, -0.15) is 0 Å². The molecule has 0 radical (unpaired) electrons. The smallest absolute Gasteiger partial charge is 0.319 e. The minimum Gasteiger partial charge on any atom is -0.378 e. The molecule has 0 saturated carbocycles. The summed E-state index contributed by atoms with van der Waals surface area (Å²) >= 11 is 3.46. The molecule has 0 atom stereocenters. The van der Waals surface area contributed by atoms with Crippen LogP contribution in [0.5, 0.6) is 0 Å². The van der Waals surface area contributed by atoms with Crippen molar-refractivity contribution in [3.8, 4) is 0 Å². The van der Waals surface area contributed by atoms with Crippen LogP contribution in [0.2, 0.25) is 0 Å². The molecule has 0 bridgehead atoms. The molecular weight excluding hydrogens is 382 g/mol. The molecule has 0 aliphatic carbocycles. The monoisotopic (exact) mass is 403 g/mol. The third-order valence-electron chi connectivity index (χ3n) is 4.09. The van der Waals surface area contributed by atoms with Gasteiger partial charge in [0, 0.05) is 24.1 Å². The SMILES string of the molecule is O=C(NCCc1cccc(Br)c1)Nc1ccccc1N1CCOCC1. The van der Waals surface area contributed by atoms with Crippen molar-refractivity contribution in [2.45, 2.75) is 6.42 Å². The summed E-state index contributed by atoms with van der Waals surface area (Å²) in [6, 6.07) is 15.8. The fourth-order valence-electron chi connectivity index (χ4n) is 2.84. The molecule has 0 aromatic heterocycles. The molecule has 2 amide bonds. The van der Waals surface area contributed by atoms with Gasteiger partial charge in [0.2, 0.25) is 0 Å². The summed E-state index contributed by atoms with van der Waals surface area (Å²) in [5, 5.41) is 5.88. The van der Waals surface area contributed by atoms with Crippen molar-refractivity contribution in [1.29, 1.82) is 0 Å². The Balaban J connectivity index is 1.54. The van der Waals surface area contributed by atoms with Gasteiger partial charge in [-0.15, -0.1) is 0 Å². The van der Waals surface area contributed by atoms with Crippen LogP contribution >= 0.6 is 15.9 Å². The third kappa shape index (κ3) is 5.21. The standard InChI is InChI=1S/C19H22BrN3O2/c20-16-5-3-4-15(14-16)8-9-21-19(24)22-17-6-1-2-7-18(17)23-10-12-25-13-11-23/h1-7,14H,8-13H2,(H2,21,22,24). The van der Waals surface area contributed by atoms with Gasteiger partial charge in [0.25, 0.3) is 0 Å². The van der Waals surface area contributed by atoms with E-state index in [1.165, 1.54) is 5.56 Å². The molecule has 2 N–H and O–H groups in total. The Morgan fingerprint density at radius 1 is 1.12 bits per heavy atom. The van der Waals surface area contributed by atoms with Crippen molar-refractivity contribution in [3.63, 3.8) is 0 Å². The highest BCUT2D eigenvalue weighted by Gasteiger charge is 2.15. The summed E-state index contributed by atoms with van der Waals surface area (Å²) in [6.07, 6.45) is 0.790. The van der Waals surface area contributed by atoms with E-state index in [0.717, 1.165) is 35.4 Å². The van der Waals surface area contributed by atoms with Crippen LogP contribution in [0.1, 0.15) is 5.56 Å². The average molecular weight is 404 g/mol. The largest absolute Gasteiger partial charge is 0.378 e. The molecular formula is C19H22BrN3O2. The minimum atomic E-state index is -0.185. The molecule has 132 valence electrons. The second kappa shape index (κ2) is 8.87. The van der Waals surface area contributed by atoms with E-state index in [-0.39, 0.29) is 6.03 Å². The number of para-hydroxylation sites is 2. The van der Waals surface area contributed by atoms with E-state index in [4.69, 9.17) is 4.74 Å². The molecule has 6 heteroatoms. The topological polar surface area (TPSA) is 53.6 Å².